The van der Waals surface area contributed by atoms with E-state index in [1.165, 1.54) is 283 Å². The van der Waals surface area contributed by atoms with Crippen LogP contribution in [0.5, 0.6) is 0 Å². The van der Waals surface area contributed by atoms with Crippen molar-refractivity contribution >= 4 is 18.4 Å². The maximum absolute atomic E-state index is 14.2. The predicted octanol–water partition coefficient (Wildman–Crippen LogP) is 47.6. The van der Waals surface area contributed by atoms with Gasteiger partial charge in [0.1, 0.15) is 17.8 Å². The van der Waals surface area contributed by atoms with Gasteiger partial charge in [-0.05, 0) is 360 Å². The summed E-state index contributed by atoms with van der Waals surface area (Å²) in [6, 6.07) is 0. The summed E-state index contributed by atoms with van der Waals surface area (Å²) in [4.78, 5) is 12.0. The molecule has 0 bridgehead atoms. The van der Waals surface area contributed by atoms with Gasteiger partial charge >= 0.3 is 12.1 Å². The molecule has 0 saturated heterocycles. The van der Waals surface area contributed by atoms with Crippen molar-refractivity contribution < 1.29 is 44.7 Å². The van der Waals surface area contributed by atoms with E-state index >= 15 is 0 Å². The zero-order valence-corrected chi connectivity index (χ0v) is 91.8. The van der Waals surface area contributed by atoms with Gasteiger partial charge in [-0.1, -0.05) is 413 Å². The van der Waals surface area contributed by atoms with Gasteiger partial charge in [-0.2, -0.15) is 19.0 Å². The van der Waals surface area contributed by atoms with E-state index in [0.29, 0.717) is 48.3 Å². The number of allylic oxidation sites excluding steroid dienone is 2. The Balaban J connectivity index is -0.000000216. The number of carbonyl (C=O) groups is 1. The van der Waals surface area contributed by atoms with Gasteiger partial charge in [0, 0.05) is 48.9 Å². The molecule has 0 atom stereocenters. The molecular weight excluding hydrogens is 1760 g/mol. The topological polar surface area (TPSA) is 60.2 Å². The van der Waals surface area contributed by atoms with E-state index in [1.807, 2.05) is 0 Å². The summed E-state index contributed by atoms with van der Waals surface area (Å²) in [5.74, 6) is 29.4. The molecule has 0 aromatic rings. The Hall–Kier alpha value is -2.21. The van der Waals surface area contributed by atoms with Gasteiger partial charge in [0.25, 0.3) is 0 Å². The third-order valence-electron chi connectivity index (χ3n) is 39.4. The Kier molecular flexibility index (Phi) is 74.9. The van der Waals surface area contributed by atoms with Gasteiger partial charge in [-0.3, -0.25) is 4.79 Å². The summed E-state index contributed by atoms with van der Waals surface area (Å²) in [6.07, 6.45) is 92.1. The first-order valence-corrected chi connectivity index (χ1v) is 60.8. The number of ether oxygens (including phenoxy) is 2. The SMILES string of the molecule is C.C.C.C.C.C.C.C.CC1CCC(/C(F)=C(\F)C2CCC(C)CC2)CC1.CC1CCC(/C=N/N=C/C2CCC(C)CC2)CC1.CC1CCC(C#CC2CCC(C)CC2)CC1.CC1CCC(C2CCC(C)CC2)CC1.CC1CCC(CCC2CCC(C)CC2)CC1.CC1CCC(CCCCC2CCC(C)CC2)CC1.CC1CCC(OC(=O)C2CCC(C)CC2)CC1.CC1CCC(OC(F)(F)C2CCC(C)CC2)CC1.[HH].[HH].[HH].[HH].[HH].[HH].[HH].[HH].[HH]. The molecule has 16 fully saturated rings. The molecular formula is C134H272F4N2O3. The van der Waals surface area contributed by atoms with Gasteiger partial charge in [0.15, 0.2) is 0 Å². The van der Waals surface area contributed by atoms with Gasteiger partial charge in [0.05, 0.1) is 17.9 Å². The highest BCUT2D eigenvalue weighted by Crippen LogP contribution is 2.47. The molecule has 0 radical (unpaired) electrons. The number of unbranched alkanes of at least 4 members (excludes halogenated alkanes) is 1. The van der Waals surface area contributed by atoms with Crippen molar-refractivity contribution in [2.75, 3.05) is 0 Å². The van der Waals surface area contributed by atoms with Crippen LogP contribution in [0, 0.1) is 189 Å². The molecule has 864 valence electrons. The highest BCUT2D eigenvalue weighted by Gasteiger charge is 2.45. The number of esters is 1. The monoisotopic (exact) mass is 2030 g/mol. The van der Waals surface area contributed by atoms with Crippen LogP contribution in [0.25, 0.3) is 0 Å². The quantitative estimate of drug-likeness (QED) is 0.0323. The van der Waals surface area contributed by atoms with E-state index < -0.39 is 23.7 Å². The van der Waals surface area contributed by atoms with Crippen molar-refractivity contribution in [3.63, 3.8) is 0 Å². The number of hydrogen-bond acceptors (Lipinski definition) is 5. The lowest BCUT2D eigenvalue weighted by Crippen LogP contribution is -2.38. The average molecular weight is 2040 g/mol. The van der Waals surface area contributed by atoms with Gasteiger partial charge in [0.2, 0.25) is 0 Å². The third-order valence-corrected chi connectivity index (χ3v) is 39.4. The summed E-state index contributed by atoms with van der Waals surface area (Å²) < 4.78 is 67.4. The Labute approximate surface area is 907 Å². The summed E-state index contributed by atoms with van der Waals surface area (Å²) in [6.45, 7) is 37.4. The standard InChI is InChI=1S/C18H34.C16H26F2.C16H28N2.C16H30.C16H26.C15H26F2O.C15H26O2.C14H26.8CH4.9H2/c1-15-7-11-17(12-8-15)5-3-4-6-18-13-9-16(2)10-14-18;1-11-3-7-13(8-4-11)15(17)16(18)14-9-5-12(2)6-10-14;1-13-3-7-15(8-4-13)11-17-18-12-16-9-5-14(2)6-10-16;2*1-13-3-7-15(8-4-13)11-12-16-9-5-14(2)6-10-16;1-11-3-7-13(8-4-11)15(16,17)18-14-9-5-12(2)6-10-14;1-11-3-7-13(8-4-11)15(16)17-14-9-5-12(2)6-10-14;1-11-3-7-13(8-4-11)14-9-5-12(2)6-10-14;;;;;;;;;;;;;;;;;/h15-18H,3-14H2,1-2H3;11-14H,3-10H2,1-2H3;11-16H,3-10H2,1-2H3;13-16H,3-12H2,1-2H3;13-16H,3-10H2,1-2H3;11-14H,3-10H2,1-2H3;11-14H,3-10H2,1-2H3;11-14H,3-10H2,1-2H3;8*1H4;9*1H/b;16-15+;17-11+,18-12+;;;;;;;;;;;;;;;;;;;;;;. The Morgan fingerprint density at radius 2 is 0.462 bits per heavy atom. The summed E-state index contributed by atoms with van der Waals surface area (Å²) in [5, 5.41) is 8.56. The summed E-state index contributed by atoms with van der Waals surface area (Å²) in [5.41, 5.74) is 0. The van der Waals surface area contributed by atoms with Crippen LogP contribution in [0.3, 0.4) is 0 Å². The van der Waals surface area contributed by atoms with E-state index in [0.717, 1.165) is 234 Å². The molecule has 143 heavy (non-hydrogen) atoms. The van der Waals surface area contributed by atoms with Crippen LogP contribution < -0.4 is 0 Å². The molecule has 0 spiro atoms. The molecule has 9 heteroatoms. The first-order valence-electron chi connectivity index (χ1n) is 60.8. The molecule has 0 N–H and O–H groups in total. The Bertz CT molecular complexity index is 3030. The largest absolute Gasteiger partial charge is 0.462 e. The van der Waals surface area contributed by atoms with E-state index in [9.17, 15) is 22.4 Å². The zero-order chi connectivity index (χ0) is 96.9. The van der Waals surface area contributed by atoms with Gasteiger partial charge in [-0.15, -0.1) is 0 Å². The second-order valence-electron chi connectivity index (χ2n) is 52.6. The minimum absolute atomic E-state index is 0. The summed E-state index contributed by atoms with van der Waals surface area (Å²) in [7, 11) is 0. The van der Waals surface area contributed by atoms with Crippen LogP contribution >= 0.6 is 0 Å². The lowest BCUT2D eigenvalue weighted by molar-refractivity contribution is -0.301. The van der Waals surface area contributed by atoms with Crippen LogP contribution in [-0.4, -0.2) is 36.7 Å². The number of rotatable bonds is 19. The van der Waals surface area contributed by atoms with Crippen LogP contribution in [0.15, 0.2) is 21.9 Å². The molecule has 0 aromatic carbocycles. The molecule has 16 rings (SSSR count). The van der Waals surface area contributed by atoms with E-state index in [-0.39, 0.29) is 108 Å². The third kappa shape index (κ3) is 56.5. The molecule has 5 nitrogen and oxygen atoms in total. The van der Waals surface area contributed by atoms with Gasteiger partial charge < -0.3 is 9.47 Å². The predicted molar refractivity (Wildman–Crippen MR) is 645 cm³/mol. The molecule has 0 amide bonds. The lowest BCUT2D eigenvalue weighted by Gasteiger charge is -2.36. The van der Waals surface area contributed by atoms with Crippen LogP contribution in [0.1, 0.15) is 632 Å². The van der Waals surface area contributed by atoms with Crippen molar-refractivity contribution in [1.29, 1.82) is 0 Å². The normalized spacial score (nSPS) is 37.5. The molecule has 16 aliphatic rings. The lowest BCUT2D eigenvalue weighted by atomic mass is 9.70. The van der Waals surface area contributed by atoms with Crippen molar-refractivity contribution in [1.82, 2.24) is 0 Å². The first-order chi connectivity index (χ1) is 64.9. The summed E-state index contributed by atoms with van der Waals surface area (Å²) >= 11 is 0. The minimum Gasteiger partial charge on any atom is -0.462 e. The molecule has 0 heterocycles. The smallest absolute Gasteiger partial charge is 0.358 e. The number of hydrogen-bond donors (Lipinski definition) is 0. The fourth-order valence-electron chi connectivity index (χ4n) is 27.3. The maximum Gasteiger partial charge on any atom is 0.358 e. The maximum atomic E-state index is 14.2. The second kappa shape index (κ2) is 77.2. The van der Waals surface area contributed by atoms with Crippen molar-refractivity contribution in [2.45, 2.75) is 638 Å². The van der Waals surface area contributed by atoms with E-state index in [1.54, 1.807) is 38.5 Å². The fourth-order valence-corrected chi connectivity index (χ4v) is 27.3. The fraction of sp³-hybridized carbons (Fsp3) is 0.948. The number of halogens is 4. The molecule has 0 aromatic heterocycles. The molecule has 0 aliphatic heterocycles. The highest BCUT2D eigenvalue weighted by atomic mass is 19.3. The van der Waals surface area contributed by atoms with Crippen molar-refractivity contribution in [2.24, 2.45) is 188 Å². The average Bonchev–Trinajstić information content (AvgIpc) is 0.826. The molecule has 16 aliphatic carbocycles. The van der Waals surface area contributed by atoms with Gasteiger partial charge in [-0.25, -0.2) is 8.78 Å². The minimum atomic E-state index is -2.90. The molecule has 0 unspecified atom stereocenters. The number of alkyl halides is 2. The van der Waals surface area contributed by atoms with E-state index in [2.05, 4.69) is 145 Å². The number of nitrogens with zero attached hydrogens (tertiary/aromatic N) is 2. The van der Waals surface area contributed by atoms with Crippen LogP contribution in [0.4, 0.5) is 17.6 Å². The van der Waals surface area contributed by atoms with E-state index in [4.69, 9.17) is 9.47 Å². The second-order valence-corrected chi connectivity index (χ2v) is 52.6. The van der Waals surface area contributed by atoms with Crippen molar-refractivity contribution in [3.05, 3.63) is 11.7 Å². The van der Waals surface area contributed by atoms with Crippen molar-refractivity contribution in [3.8, 4) is 11.8 Å². The Morgan fingerprint density at radius 3 is 0.727 bits per heavy atom. The number of carbonyl (C=O) groups excluding carboxylic acids is 1. The Morgan fingerprint density at radius 1 is 0.259 bits per heavy atom. The van der Waals surface area contributed by atoms with Crippen LogP contribution in [-0.2, 0) is 14.3 Å². The highest BCUT2D eigenvalue weighted by molar-refractivity contribution is 5.72. The zero-order valence-electron chi connectivity index (χ0n) is 91.8. The molecule has 16 saturated carbocycles. The first kappa shape index (κ1) is 139. The van der Waals surface area contributed by atoms with Crippen LogP contribution in [0.2, 0.25) is 0 Å².